The standard InChI is InChI=1S/C12H9FN4O2/c1-19-12(18)11-15-7-17(16-11)6-9-4-8(5-14)2-3-10(9)13/h2-4,7H,6H2,1H3. The van der Waals surface area contributed by atoms with Crippen LogP contribution in [0.4, 0.5) is 4.39 Å². The van der Waals surface area contributed by atoms with Crippen LogP contribution in [0.25, 0.3) is 0 Å². The third kappa shape index (κ3) is 2.74. The molecule has 1 aromatic carbocycles. The molecule has 0 aliphatic heterocycles. The predicted molar refractivity (Wildman–Crippen MR) is 61.6 cm³/mol. The lowest BCUT2D eigenvalue weighted by Gasteiger charge is -2.03. The summed E-state index contributed by atoms with van der Waals surface area (Å²) in [5.41, 5.74) is 0.644. The normalized spacial score (nSPS) is 9.95. The Balaban J connectivity index is 2.24. The fourth-order valence-corrected chi connectivity index (χ4v) is 1.50. The number of rotatable bonds is 3. The van der Waals surface area contributed by atoms with E-state index in [0.29, 0.717) is 11.1 Å². The van der Waals surface area contributed by atoms with E-state index < -0.39 is 11.8 Å². The molecule has 0 fully saturated rings. The van der Waals surface area contributed by atoms with Gasteiger partial charge in [0.25, 0.3) is 5.82 Å². The van der Waals surface area contributed by atoms with Crippen LogP contribution in [0, 0.1) is 17.1 Å². The van der Waals surface area contributed by atoms with Gasteiger partial charge in [-0.2, -0.15) is 5.26 Å². The number of carbonyl (C=O) groups excluding carboxylic acids is 1. The molecule has 96 valence electrons. The lowest BCUT2D eigenvalue weighted by atomic mass is 10.1. The van der Waals surface area contributed by atoms with Crippen molar-refractivity contribution in [2.75, 3.05) is 7.11 Å². The Labute approximate surface area is 108 Å². The lowest BCUT2D eigenvalue weighted by molar-refractivity contribution is 0.0586. The molecular weight excluding hydrogens is 251 g/mol. The minimum atomic E-state index is -0.662. The largest absolute Gasteiger partial charge is 0.463 e. The van der Waals surface area contributed by atoms with Gasteiger partial charge in [0, 0.05) is 5.56 Å². The average molecular weight is 260 g/mol. The van der Waals surface area contributed by atoms with Crippen molar-refractivity contribution in [3.8, 4) is 6.07 Å². The highest BCUT2D eigenvalue weighted by Gasteiger charge is 2.12. The van der Waals surface area contributed by atoms with E-state index in [1.807, 2.05) is 6.07 Å². The third-order valence-electron chi connectivity index (χ3n) is 2.41. The van der Waals surface area contributed by atoms with Gasteiger partial charge in [0.15, 0.2) is 0 Å². The first-order chi connectivity index (χ1) is 9.13. The van der Waals surface area contributed by atoms with Gasteiger partial charge in [0.2, 0.25) is 0 Å². The minimum Gasteiger partial charge on any atom is -0.463 e. The zero-order chi connectivity index (χ0) is 13.8. The highest BCUT2D eigenvalue weighted by molar-refractivity contribution is 5.84. The van der Waals surface area contributed by atoms with Gasteiger partial charge in [0.1, 0.15) is 12.1 Å². The van der Waals surface area contributed by atoms with Crippen LogP contribution in [-0.2, 0) is 11.3 Å². The van der Waals surface area contributed by atoms with Gasteiger partial charge in [-0.05, 0) is 18.2 Å². The average Bonchev–Trinajstić information content (AvgIpc) is 2.89. The second-order valence-corrected chi connectivity index (χ2v) is 3.68. The van der Waals surface area contributed by atoms with Gasteiger partial charge in [-0.3, -0.25) is 0 Å². The van der Waals surface area contributed by atoms with Gasteiger partial charge < -0.3 is 4.74 Å². The summed E-state index contributed by atoms with van der Waals surface area (Å²) in [6.07, 6.45) is 1.30. The van der Waals surface area contributed by atoms with Gasteiger partial charge in [-0.25, -0.2) is 18.9 Å². The maximum atomic E-state index is 13.6. The smallest absolute Gasteiger partial charge is 0.377 e. The van der Waals surface area contributed by atoms with E-state index >= 15 is 0 Å². The van der Waals surface area contributed by atoms with Crippen molar-refractivity contribution in [1.82, 2.24) is 14.8 Å². The molecule has 0 saturated carbocycles. The predicted octanol–water partition coefficient (Wildman–Crippen LogP) is 1.12. The number of benzene rings is 1. The second kappa shape index (κ2) is 5.27. The first-order valence-corrected chi connectivity index (χ1v) is 5.30. The molecule has 2 rings (SSSR count). The van der Waals surface area contributed by atoms with Crippen LogP contribution < -0.4 is 0 Å². The summed E-state index contributed by atoms with van der Waals surface area (Å²) in [7, 11) is 1.22. The molecule has 0 radical (unpaired) electrons. The Bertz CT molecular complexity index is 660. The number of carbonyl (C=O) groups is 1. The van der Waals surface area contributed by atoms with Crippen LogP contribution in [-0.4, -0.2) is 27.8 Å². The lowest BCUT2D eigenvalue weighted by Crippen LogP contribution is -2.07. The Kier molecular flexibility index (Phi) is 3.52. The second-order valence-electron chi connectivity index (χ2n) is 3.68. The number of nitrogens with zero attached hydrogens (tertiary/aromatic N) is 4. The van der Waals surface area contributed by atoms with Crippen LogP contribution in [0.15, 0.2) is 24.5 Å². The monoisotopic (exact) mass is 260 g/mol. The van der Waals surface area contributed by atoms with E-state index in [1.165, 1.54) is 36.3 Å². The zero-order valence-electron chi connectivity index (χ0n) is 10.00. The Morgan fingerprint density at radius 2 is 2.37 bits per heavy atom. The number of halogens is 1. The van der Waals surface area contributed by atoms with Crippen LogP contribution in [0.5, 0.6) is 0 Å². The quantitative estimate of drug-likeness (QED) is 0.772. The summed E-state index contributed by atoms with van der Waals surface area (Å²) in [5.74, 6) is -1.21. The Hall–Kier alpha value is -2.75. The Morgan fingerprint density at radius 1 is 1.58 bits per heavy atom. The summed E-state index contributed by atoms with van der Waals surface area (Å²) in [6, 6.07) is 5.96. The van der Waals surface area contributed by atoms with Gasteiger partial charge in [-0.15, -0.1) is 5.10 Å². The number of aromatic nitrogens is 3. The maximum absolute atomic E-state index is 13.6. The van der Waals surface area contributed by atoms with Gasteiger partial charge >= 0.3 is 5.97 Å². The molecule has 0 bridgehead atoms. The number of methoxy groups -OCH3 is 1. The topological polar surface area (TPSA) is 80.8 Å². The van der Waals surface area contributed by atoms with Crippen molar-refractivity contribution >= 4 is 5.97 Å². The summed E-state index contributed by atoms with van der Waals surface area (Å²) >= 11 is 0. The number of hydrogen-bond acceptors (Lipinski definition) is 5. The van der Waals surface area contributed by atoms with Crippen molar-refractivity contribution in [2.45, 2.75) is 6.54 Å². The molecule has 0 aliphatic rings. The summed E-state index contributed by atoms with van der Waals surface area (Å²) in [6.45, 7) is 0.0747. The summed E-state index contributed by atoms with van der Waals surface area (Å²) in [4.78, 5) is 14.9. The van der Waals surface area contributed by atoms with E-state index in [2.05, 4.69) is 14.8 Å². The van der Waals surface area contributed by atoms with Crippen LogP contribution in [0.3, 0.4) is 0 Å². The fraction of sp³-hybridized carbons (Fsp3) is 0.167. The number of nitriles is 1. The number of esters is 1. The van der Waals surface area contributed by atoms with Gasteiger partial charge in [0.05, 0.1) is 25.3 Å². The van der Waals surface area contributed by atoms with Crippen LogP contribution in [0.2, 0.25) is 0 Å². The molecule has 2 aromatic rings. The molecule has 7 heteroatoms. The minimum absolute atomic E-state index is 0.0747. The van der Waals surface area contributed by atoms with Crippen molar-refractivity contribution in [3.63, 3.8) is 0 Å². The van der Waals surface area contributed by atoms with E-state index in [1.54, 1.807) is 0 Å². The molecule has 0 amide bonds. The zero-order valence-corrected chi connectivity index (χ0v) is 10.00. The molecule has 1 heterocycles. The fourth-order valence-electron chi connectivity index (χ4n) is 1.50. The molecule has 0 atom stereocenters. The van der Waals surface area contributed by atoms with Crippen molar-refractivity contribution in [1.29, 1.82) is 5.26 Å². The first-order valence-electron chi connectivity index (χ1n) is 5.30. The SMILES string of the molecule is COC(=O)c1ncn(Cc2cc(C#N)ccc2F)n1. The van der Waals surface area contributed by atoms with Crippen LogP contribution >= 0.6 is 0 Å². The molecule has 0 N–H and O–H groups in total. The van der Waals surface area contributed by atoms with Crippen molar-refractivity contribution in [2.24, 2.45) is 0 Å². The van der Waals surface area contributed by atoms with E-state index in [0.717, 1.165) is 0 Å². The molecule has 0 aliphatic carbocycles. The molecular formula is C12H9FN4O2. The first kappa shape index (κ1) is 12.7. The third-order valence-corrected chi connectivity index (χ3v) is 2.41. The highest BCUT2D eigenvalue weighted by atomic mass is 19.1. The maximum Gasteiger partial charge on any atom is 0.377 e. The number of hydrogen-bond donors (Lipinski definition) is 0. The molecule has 0 spiro atoms. The summed E-state index contributed by atoms with van der Waals surface area (Å²) < 4.78 is 19.3. The van der Waals surface area contributed by atoms with E-state index in [4.69, 9.17) is 5.26 Å². The molecule has 1 aromatic heterocycles. The number of ether oxygens (including phenoxy) is 1. The van der Waals surface area contributed by atoms with Crippen molar-refractivity contribution < 1.29 is 13.9 Å². The molecule has 19 heavy (non-hydrogen) atoms. The molecule has 0 unspecified atom stereocenters. The molecule has 6 nitrogen and oxygen atoms in total. The van der Waals surface area contributed by atoms with Crippen molar-refractivity contribution in [3.05, 3.63) is 47.3 Å². The van der Waals surface area contributed by atoms with Crippen LogP contribution in [0.1, 0.15) is 21.7 Å². The Morgan fingerprint density at radius 3 is 3.05 bits per heavy atom. The highest BCUT2D eigenvalue weighted by Crippen LogP contribution is 2.11. The summed E-state index contributed by atoms with van der Waals surface area (Å²) in [5, 5.41) is 12.6. The van der Waals surface area contributed by atoms with E-state index in [-0.39, 0.29) is 12.4 Å². The molecule has 0 saturated heterocycles. The van der Waals surface area contributed by atoms with Gasteiger partial charge in [-0.1, -0.05) is 0 Å². The van der Waals surface area contributed by atoms with E-state index in [9.17, 15) is 9.18 Å².